The first-order valence-corrected chi connectivity index (χ1v) is 12.1. The number of hydrogen-bond acceptors (Lipinski definition) is 4. The number of imide groups is 1. The van der Waals surface area contributed by atoms with E-state index in [-0.39, 0.29) is 18.0 Å². The number of H-pyrrole nitrogens is 1. The molecule has 0 spiro atoms. The van der Waals surface area contributed by atoms with Crippen molar-refractivity contribution >= 4 is 22.8 Å². The van der Waals surface area contributed by atoms with Crippen molar-refractivity contribution in [3.05, 3.63) is 65.4 Å². The van der Waals surface area contributed by atoms with Gasteiger partial charge in [-0.3, -0.25) is 9.69 Å². The first-order chi connectivity index (χ1) is 16.5. The highest BCUT2D eigenvalue weighted by atomic mass is 16.5. The van der Waals surface area contributed by atoms with E-state index in [4.69, 9.17) is 4.74 Å². The van der Waals surface area contributed by atoms with Crippen LogP contribution in [0.5, 0.6) is 5.75 Å². The van der Waals surface area contributed by atoms with Gasteiger partial charge in [0, 0.05) is 42.1 Å². The molecule has 0 radical (unpaired) electrons. The minimum Gasteiger partial charge on any atom is -0.497 e. The Kier molecular flexibility index (Phi) is 4.92. The van der Waals surface area contributed by atoms with Crippen molar-refractivity contribution in [2.75, 3.05) is 20.2 Å². The van der Waals surface area contributed by atoms with Gasteiger partial charge in [0.25, 0.3) is 5.91 Å². The molecule has 1 aromatic heterocycles. The number of aromatic amines is 1. The predicted molar refractivity (Wildman–Crippen MR) is 130 cm³/mol. The molecule has 1 aliphatic carbocycles. The number of fused-ring (bicyclic) bond motifs is 4. The molecule has 7 nitrogen and oxygen atoms in total. The van der Waals surface area contributed by atoms with E-state index in [0.717, 1.165) is 33.5 Å². The quantitative estimate of drug-likeness (QED) is 0.528. The number of aromatic nitrogens is 1. The molecule has 3 heterocycles. The van der Waals surface area contributed by atoms with E-state index in [2.05, 4.69) is 22.4 Å². The normalized spacial score (nSPS) is 24.0. The van der Waals surface area contributed by atoms with E-state index in [1.54, 1.807) is 7.11 Å². The van der Waals surface area contributed by atoms with Gasteiger partial charge in [0.2, 0.25) is 0 Å². The van der Waals surface area contributed by atoms with Crippen molar-refractivity contribution < 1.29 is 14.3 Å². The van der Waals surface area contributed by atoms with Crippen LogP contribution in [0.1, 0.15) is 42.6 Å². The monoisotopic (exact) mass is 458 g/mol. The highest BCUT2D eigenvalue weighted by molar-refractivity contribution is 6.08. The fourth-order valence-corrected chi connectivity index (χ4v) is 5.68. The largest absolute Gasteiger partial charge is 0.497 e. The third-order valence-corrected chi connectivity index (χ3v) is 7.60. The molecular formula is C27H30N4O3. The maximum atomic E-state index is 13.8. The summed E-state index contributed by atoms with van der Waals surface area (Å²) in [6.07, 6.45) is 3.48. The Morgan fingerprint density at radius 1 is 1.15 bits per heavy atom. The van der Waals surface area contributed by atoms with Gasteiger partial charge < -0.3 is 19.9 Å². The summed E-state index contributed by atoms with van der Waals surface area (Å²) in [5, 5.41) is 4.49. The van der Waals surface area contributed by atoms with Crippen LogP contribution in [0.25, 0.3) is 10.9 Å². The summed E-state index contributed by atoms with van der Waals surface area (Å²) in [4.78, 5) is 34.4. The van der Waals surface area contributed by atoms with Crippen molar-refractivity contribution in [1.82, 2.24) is 20.1 Å². The zero-order valence-electron chi connectivity index (χ0n) is 19.6. The molecule has 1 unspecified atom stereocenters. The van der Waals surface area contributed by atoms with E-state index in [9.17, 15) is 9.59 Å². The van der Waals surface area contributed by atoms with E-state index in [1.807, 2.05) is 48.2 Å². The van der Waals surface area contributed by atoms with Crippen LogP contribution in [0.2, 0.25) is 0 Å². The number of urea groups is 1. The van der Waals surface area contributed by atoms with Gasteiger partial charge in [0.1, 0.15) is 11.3 Å². The molecule has 176 valence electrons. The molecule has 3 aromatic rings. The zero-order valence-corrected chi connectivity index (χ0v) is 19.6. The predicted octanol–water partition coefficient (Wildman–Crippen LogP) is 3.79. The fourth-order valence-electron chi connectivity index (χ4n) is 5.68. The number of ether oxygens (including phenoxy) is 1. The van der Waals surface area contributed by atoms with Crippen LogP contribution in [0, 0.1) is 0 Å². The third kappa shape index (κ3) is 3.29. The van der Waals surface area contributed by atoms with Gasteiger partial charge in [-0.2, -0.15) is 0 Å². The minimum atomic E-state index is -0.915. The Morgan fingerprint density at radius 2 is 1.94 bits per heavy atom. The lowest BCUT2D eigenvalue weighted by Crippen LogP contribution is -2.53. The first-order valence-electron chi connectivity index (χ1n) is 12.1. The maximum Gasteiger partial charge on any atom is 0.328 e. The Labute approximate surface area is 199 Å². The average Bonchev–Trinajstić information content (AvgIpc) is 3.57. The molecule has 2 aromatic carbocycles. The second-order valence-corrected chi connectivity index (χ2v) is 9.92. The summed E-state index contributed by atoms with van der Waals surface area (Å²) in [5.41, 5.74) is 3.34. The molecule has 2 N–H and O–H groups in total. The molecule has 3 amide bonds. The third-order valence-electron chi connectivity index (χ3n) is 7.60. The number of rotatable bonds is 7. The lowest BCUT2D eigenvalue weighted by atomic mass is 9.81. The van der Waals surface area contributed by atoms with Crippen molar-refractivity contribution in [3.63, 3.8) is 0 Å². The summed E-state index contributed by atoms with van der Waals surface area (Å²) in [5.74, 6) is 0.680. The van der Waals surface area contributed by atoms with Gasteiger partial charge >= 0.3 is 6.03 Å². The molecule has 2 fully saturated rings. The van der Waals surface area contributed by atoms with Gasteiger partial charge in [0.15, 0.2) is 0 Å². The standard InChI is InChI=1S/C27H30N4O3/c1-27-16-21-20-15-19(34-2)10-11-22(20)29-24(21)23(14-17-6-4-3-5-7-17)31(27)26(33)30(25(27)32)13-12-28-18-8-9-18/h3-7,10-11,15,18,23,28-29H,8-9,12-14,16H2,1-2H3/t23?,27-/m0/s1. The lowest BCUT2D eigenvalue weighted by molar-refractivity contribution is -0.133. The Morgan fingerprint density at radius 3 is 2.68 bits per heavy atom. The molecule has 0 bridgehead atoms. The number of hydrogen-bond donors (Lipinski definition) is 2. The summed E-state index contributed by atoms with van der Waals surface area (Å²) in [6.45, 7) is 2.98. The number of benzene rings is 2. The van der Waals surface area contributed by atoms with E-state index >= 15 is 0 Å². The Hall–Kier alpha value is -3.32. The molecular weight excluding hydrogens is 428 g/mol. The smallest absolute Gasteiger partial charge is 0.328 e. The maximum absolute atomic E-state index is 13.8. The second kappa shape index (κ2) is 7.87. The van der Waals surface area contributed by atoms with Crippen LogP contribution in [-0.4, -0.2) is 58.5 Å². The van der Waals surface area contributed by atoms with Crippen LogP contribution in [0.4, 0.5) is 4.79 Å². The Bertz CT molecular complexity index is 1270. The van der Waals surface area contributed by atoms with E-state index in [0.29, 0.717) is 32.0 Å². The van der Waals surface area contributed by atoms with Gasteiger partial charge in [-0.1, -0.05) is 30.3 Å². The topological polar surface area (TPSA) is 77.7 Å². The van der Waals surface area contributed by atoms with Crippen LogP contribution in [0.15, 0.2) is 48.5 Å². The first kappa shape index (κ1) is 21.2. The number of nitrogens with one attached hydrogen (secondary N) is 2. The zero-order chi connectivity index (χ0) is 23.4. The molecule has 34 heavy (non-hydrogen) atoms. The highest BCUT2D eigenvalue weighted by Crippen LogP contribution is 2.47. The molecule has 3 aliphatic rings. The molecule has 1 saturated carbocycles. The van der Waals surface area contributed by atoms with Crippen molar-refractivity contribution in [3.8, 4) is 5.75 Å². The number of amides is 3. The lowest BCUT2D eigenvalue weighted by Gasteiger charge is -2.42. The SMILES string of the molecule is COc1ccc2[nH]c3c(c2c1)C[C@@]1(C)C(=O)N(CCNC2CC2)C(=O)N1C3Cc1ccccc1. The van der Waals surface area contributed by atoms with Crippen molar-refractivity contribution in [2.45, 2.75) is 50.2 Å². The number of carbonyl (C=O) groups is 2. The van der Waals surface area contributed by atoms with Crippen molar-refractivity contribution in [1.29, 1.82) is 0 Å². The van der Waals surface area contributed by atoms with Gasteiger partial charge in [-0.25, -0.2) is 4.79 Å². The van der Waals surface area contributed by atoms with Gasteiger partial charge in [0.05, 0.1) is 13.2 Å². The number of methoxy groups -OCH3 is 1. The highest BCUT2D eigenvalue weighted by Gasteiger charge is 2.59. The molecule has 7 heteroatoms. The minimum absolute atomic E-state index is 0.101. The van der Waals surface area contributed by atoms with Crippen molar-refractivity contribution in [2.24, 2.45) is 0 Å². The molecule has 2 aliphatic heterocycles. The van der Waals surface area contributed by atoms with E-state index in [1.165, 1.54) is 17.7 Å². The van der Waals surface area contributed by atoms with E-state index < -0.39 is 5.54 Å². The summed E-state index contributed by atoms with van der Waals surface area (Å²) in [6, 6.07) is 16.3. The van der Waals surface area contributed by atoms with Crippen LogP contribution in [0.3, 0.4) is 0 Å². The second-order valence-electron chi connectivity index (χ2n) is 9.92. The molecule has 6 rings (SSSR count). The number of carbonyl (C=O) groups excluding carboxylic acids is 2. The van der Waals surface area contributed by atoms with Gasteiger partial charge in [-0.05, 0) is 55.5 Å². The molecule has 2 atom stereocenters. The van der Waals surface area contributed by atoms with Crippen LogP contribution in [-0.2, 0) is 17.6 Å². The average molecular weight is 459 g/mol. The number of nitrogens with zero attached hydrogens (tertiary/aromatic N) is 2. The fraction of sp³-hybridized carbons (Fsp3) is 0.407. The Balaban J connectivity index is 1.43. The van der Waals surface area contributed by atoms with Gasteiger partial charge in [-0.15, -0.1) is 0 Å². The summed E-state index contributed by atoms with van der Waals surface area (Å²) in [7, 11) is 1.66. The summed E-state index contributed by atoms with van der Waals surface area (Å²) >= 11 is 0. The van der Waals surface area contributed by atoms with Crippen LogP contribution >= 0.6 is 0 Å². The molecule has 1 saturated heterocycles. The van der Waals surface area contributed by atoms with Crippen LogP contribution < -0.4 is 10.1 Å². The summed E-state index contributed by atoms with van der Waals surface area (Å²) < 4.78 is 5.48.